The standard InChI is InChI=1S/C13H16BrN3/c1-17-13(3-2-8-15)12(9-16-17)10-4-6-11(14)7-5-10/h4-7,9H,2-3,8,15H2,1H3. The second-order valence-electron chi connectivity index (χ2n) is 4.03. The van der Waals surface area contributed by atoms with Gasteiger partial charge < -0.3 is 5.73 Å². The van der Waals surface area contributed by atoms with E-state index in [0.717, 1.165) is 17.3 Å². The summed E-state index contributed by atoms with van der Waals surface area (Å²) in [4.78, 5) is 0. The summed E-state index contributed by atoms with van der Waals surface area (Å²) in [7, 11) is 1.98. The summed E-state index contributed by atoms with van der Waals surface area (Å²) in [5.41, 5.74) is 9.22. The minimum Gasteiger partial charge on any atom is -0.330 e. The van der Waals surface area contributed by atoms with Crippen LogP contribution >= 0.6 is 15.9 Å². The maximum Gasteiger partial charge on any atom is 0.0571 e. The number of nitrogens with two attached hydrogens (primary N) is 1. The van der Waals surface area contributed by atoms with Crippen LogP contribution in [0.1, 0.15) is 12.1 Å². The molecule has 3 nitrogen and oxygen atoms in total. The lowest BCUT2D eigenvalue weighted by Gasteiger charge is -2.05. The van der Waals surface area contributed by atoms with E-state index in [1.54, 1.807) is 0 Å². The van der Waals surface area contributed by atoms with Crippen molar-refractivity contribution in [3.05, 3.63) is 40.6 Å². The van der Waals surface area contributed by atoms with Gasteiger partial charge in [-0.05, 0) is 37.1 Å². The van der Waals surface area contributed by atoms with E-state index >= 15 is 0 Å². The van der Waals surface area contributed by atoms with E-state index in [4.69, 9.17) is 5.73 Å². The number of halogens is 1. The van der Waals surface area contributed by atoms with E-state index in [1.807, 2.05) is 17.9 Å². The lowest BCUT2D eigenvalue weighted by Crippen LogP contribution is -2.05. The lowest BCUT2D eigenvalue weighted by atomic mass is 10.0. The third kappa shape index (κ3) is 2.76. The van der Waals surface area contributed by atoms with Crippen LogP contribution in [0.25, 0.3) is 11.1 Å². The number of hydrogen-bond acceptors (Lipinski definition) is 2. The van der Waals surface area contributed by atoms with Crippen molar-refractivity contribution >= 4 is 15.9 Å². The van der Waals surface area contributed by atoms with Gasteiger partial charge in [-0.2, -0.15) is 5.10 Å². The highest BCUT2D eigenvalue weighted by atomic mass is 79.9. The maximum atomic E-state index is 5.57. The Kier molecular flexibility index (Phi) is 3.97. The number of aromatic nitrogens is 2. The lowest BCUT2D eigenvalue weighted by molar-refractivity contribution is 0.687. The van der Waals surface area contributed by atoms with Crippen molar-refractivity contribution in [1.82, 2.24) is 9.78 Å². The van der Waals surface area contributed by atoms with Crippen LogP contribution < -0.4 is 5.73 Å². The fraction of sp³-hybridized carbons (Fsp3) is 0.308. The fourth-order valence-electron chi connectivity index (χ4n) is 1.90. The van der Waals surface area contributed by atoms with E-state index in [9.17, 15) is 0 Å². The Balaban J connectivity index is 2.34. The molecule has 2 N–H and O–H groups in total. The van der Waals surface area contributed by atoms with Gasteiger partial charge in [-0.15, -0.1) is 0 Å². The molecule has 0 aliphatic heterocycles. The van der Waals surface area contributed by atoms with Gasteiger partial charge in [0, 0.05) is 22.8 Å². The van der Waals surface area contributed by atoms with Crippen LogP contribution in [0.5, 0.6) is 0 Å². The number of aryl methyl sites for hydroxylation is 1. The predicted molar refractivity (Wildman–Crippen MR) is 73.7 cm³/mol. The Morgan fingerprint density at radius 3 is 2.65 bits per heavy atom. The summed E-state index contributed by atoms with van der Waals surface area (Å²) < 4.78 is 3.03. The molecule has 1 aromatic heterocycles. The summed E-state index contributed by atoms with van der Waals surface area (Å²) in [5, 5.41) is 4.33. The number of rotatable bonds is 4. The first kappa shape index (κ1) is 12.3. The summed E-state index contributed by atoms with van der Waals surface area (Å²) in [6.07, 6.45) is 3.89. The maximum absolute atomic E-state index is 5.57. The first-order valence-electron chi connectivity index (χ1n) is 5.69. The van der Waals surface area contributed by atoms with E-state index in [1.165, 1.54) is 16.8 Å². The first-order valence-corrected chi connectivity index (χ1v) is 6.48. The molecule has 2 rings (SSSR count). The molecule has 0 bridgehead atoms. The van der Waals surface area contributed by atoms with Crippen molar-refractivity contribution in [2.75, 3.05) is 6.54 Å². The third-order valence-corrected chi connectivity index (χ3v) is 3.36. The molecule has 0 radical (unpaired) electrons. The van der Waals surface area contributed by atoms with Gasteiger partial charge in [0.25, 0.3) is 0 Å². The molecular formula is C13H16BrN3. The van der Waals surface area contributed by atoms with Gasteiger partial charge in [0.2, 0.25) is 0 Å². The molecule has 0 amide bonds. The van der Waals surface area contributed by atoms with Crippen molar-refractivity contribution < 1.29 is 0 Å². The SMILES string of the molecule is Cn1ncc(-c2ccc(Br)cc2)c1CCCN. The van der Waals surface area contributed by atoms with E-state index < -0.39 is 0 Å². The Labute approximate surface area is 110 Å². The molecule has 0 aliphatic rings. The monoisotopic (exact) mass is 293 g/mol. The topological polar surface area (TPSA) is 43.8 Å². The average Bonchev–Trinajstić information content (AvgIpc) is 2.69. The van der Waals surface area contributed by atoms with Crippen LogP contribution in [0.4, 0.5) is 0 Å². The van der Waals surface area contributed by atoms with E-state index in [2.05, 4.69) is 45.3 Å². The highest BCUT2D eigenvalue weighted by Gasteiger charge is 2.09. The summed E-state index contributed by atoms with van der Waals surface area (Å²) in [6.45, 7) is 0.713. The number of hydrogen-bond donors (Lipinski definition) is 1. The van der Waals surface area contributed by atoms with Gasteiger partial charge in [0.1, 0.15) is 0 Å². The molecule has 0 saturated heterocycles. The van der Waals surface area contributed by atoms with Crippen molar-refractivity contribution in [1.29, 1.82) is 0 Å². The Morgan fingerprint density at radius 1 is 1.29 bits per heavy atom. The molecule has 4 heteroatoms. The van der Waals surface area contributed by atoms with E-state index in [0.29, 0.717) is 6.54 Å². The molecule has 0 aliphatic carbocycles. The first-order chi connectivity index (χ1) is 8.22. The Hall–Kier alpha value is -1.13. The molecule has 0 atom stereocenters. The third-order valence-electron chi connectivity index (χ3n) is 2.83. The summed E-state index contributed by atoms with van der Waals surface area (Å²) in [5.74, 6) is 0. The second kappa shape index (κ2) is 5.47. The number of benzene rings is 1. The van der Waals surface area contributed by atoms with Crippen LogP contribution in [-0.4, -0.2) is 16.3 Å². The van der Waals surface area contributed by atoms with Crippen LogP contribution in [-0.2, 0) is 13.5 Å². The van der Waals surface area contributed by atoms with Gasteiger partial charge in [-0.1, -0.05) is 28.1 Å². The zero-order chi connectivity index (χ0) is 12.3. The van der Waals surface area contributed by atoms with Crippen LogP contribution in [0.3, 0.4) is 0 Å². The van der Waals surface area contributed by atoms with Crippen molar-refractivity contribution in [2.45, 2.75) is 12.8 Å². The van der Waals surface area contributed by atoms with Crippen molar-refractivity contribution in [3.63, 3.8) is 0 Å². The normalized spacial score (nSPS) is 10.8. The second-order valence-corrected chi connectivity index (χ2v) is 4.94. The van der Waals surface area contributed by atoms with Gasteiger partial charge >= 0.3 is 0 Å². The quantitative estimate of drug-likeness (QED) is 0.942. The predicted octanol–water partition coefficient (Wildman–Crippen LogP) is 2.74. The molecule has 2 aromatic rings. The van der Waals surface area contributed by atoms with Crippen LogP contribution in [0, 0.1) is 0 Å². The molecular weight excluding hydrogens is 278 g/mol. The molecule has 90 valence electrons. The Bertz CT molecular complexity index is 488. The van der Waals surface area contributed by atoms with Crippen molar-refractivity contribution in [3.8, 4) is 11.1 Å². The zero-order valence-electron chi connectivity index (χ0n) is 9.86. The van der Waals surface area contributed by atoms with Gasteiger partial charge in [0.15, 0.2) is 0 Å². The summed E-state index contributed by atoms with van der Waals surface area (Å²) >= 11 is 3.45. The highest BCUT2D eigenvalue weighted by molar-refractivity contribution is 9.10. The molecule has 1 aromatic carbocycles. The van der Waals surface area contributed by atoms with Gasteiger partial charge in [0.05, 0.1) is 6.20 Å². The Morgan fingerprint density at radius 2 is 2.00 bits per heavy atom. The molecule has 0 spiro atoms. The van der Waals surface area contributed by atoms with Gasteiger partial charge in [-0.25, -0.2) is 0 Å². The largest absolute Gasteiger partial charge is 0.330 e. The zero-order valence-corrected chi connectivity index (χ0v) is 11.4. The minimum absolute atomic E-state index is 0.713. The highest BCUT2D eigenvalue weighted by Crippen LogP contribution is 2.25. The summed E-state index contributed by atoms with van der Waals surface area (Å²) in [6, 6.07) is 8.31. The molecule has 0 unspecified atom stereocenters. The van der Waals surface area contributed by atoms with Crippen LogP contribution in [0.15, 0.2) is 34.9 Å². The molecule has 0 fully saturated rings. The molecule has 0 saturated carbocycles. The van der Waals surface area contributed by atoms with Crippen LogP contribution in [0.2, 0.25) is 0 Å². The fourth-order valence-corrected chi connectivity index (χ4v) is 2.16. The molecule has 1 heterocycles. The van der Waals surface area contributed by atoms with Gasteiger partial charge in [-0.3, -0.25) is 4.68 Å². The smallest absolute Gasteiger partial charge is 0.0571 e. The minimum atomic E-state index is 0.713. The van der Waals surface area contributed by atoms with E-state index in [-0.39, 0.29) is 0 Å². The average molecular weight is 294 g/mol. The molecule has 17 heavy (non-hydrogen) atoms. The number of nitrogens with zero attached hydrogens (tertiary/aromatic N) is 2. The van der Waals surface area contributed by atoms with Crippen molar-refractivity contribution in [2.24, 2.45) is 12.8 Å².